The number of hydrogen-bond acceptors (Lipinski definition) is 13. The van der Waals surface area contributed by atoms with E-state index in [-0.39, 0.29) is 48.6 Å². The van der Waals surface area contributed by atoms with Crippen LogP contribution in [-0.2, 0) is 39.8 Å². The quantitative estimate of drug-likeness (QED) is 0.185. The van der Waals surface area contributed by atoms with E-state index < -0.39 is 75.3 Å². The molecule has 3 spiro atoms. The predicted molar refractivity (Wildman–Crippen MR) is 214 cm³/mol. The Bertz CT molecular complexity index is 1890. The Morgan fingerprint density at radius 1 is 0.917 bits per heavy atom. The van der Waals surface area contributed by atoms with Gasteiger partial charge in [0.2, 0.25) is 0 Å². The van der Waals surface area contributed by atoms with Crippen molar-refractivity contribution in [1.82, 2.24) is 10.6 Å². The summed E-state index contributed by atoms with van der Waals surface area (Å²) in [5.41, 5.74) is -5.28. The average molecular weight is 835 g/mol. The molecule has 10 fully saturated rings. The summed E-state index contributed by atoms with van der Waals surface area (Å²) in [6, 6.07) is 2.33. The fraction of sp³-hybridized carbons (Fsp3) is 0.851. The summed E-state index contributed by atoms with van der Waals surface area (Å²) < 4.78 is 33.3. The minimum absolute atomic E-state index is 0.0473. The summed E-state index contributed by atoms with van der Waals surface area (Å²) >= 11 is 0. The number of carbonyl (C=O) groups excluding carboxylic acids is 3. The summed E-state index contributed by atoms with van der Waals surface area (Å²) in [6.07, 6.45) is 8.97. The molecule has 13 nitrogen and oxygen atoms in total. The summed E-state index contributed by atoms with van der Waals surface area (Å²) in [5.74, 6) is -1.06. The predicted octanol–water partition coefficient (Wildman–Crippen LogP) is 4.29. The van der Waals surface area contributed by atoms with Crippen LogP contribution in [0.3, 0.4) is 0 Å². The summed E-state index contributed by atoms with van der Waals surface area (Å²) in [6.45, 7) is 7.52. The first kappa shape index (κ1) is 40.4. The smallest absolute Gasteiger partial charge is 0.339 e. The first-order valence-corrected chi connectivity index (χ1v) is 23.6. The third-order valence-electron chi connectivity index (χ3n) is 19.4. The molecule has 5 saturated heterocycles. The largest absolute Gasteiger partial charge is 0.469 e. The first-order chi connectivity index (χ1) is 28.8. The lowest BCUT2D eigenvalue weighted by atomic mass is 9.32. The molecule has 0 amide bonds. The van der Waals surface area contributed by atoms with Gasteiger partial charge in [0.15, 0.2) is 11.9 Å². The maximum absolute atomic E-state index is 15.5. The highest BCUT2D eigenvalue weighted by molar-refractivity contribution is 5.92. The number of esters is 2. The number of ether oxygens (including phenoxy) is 4. The van der Waals surface area contributed by atoms with Crippen molar-refractivity contribution in [3.05, 3.63) is 23.7 Å². The van der Waals surface area contributed by atoms with Gasteiger partial charge in [0, 0.05) is 47.5 Å². The summed E-state index contributed by atoms with van der Waals surface area (Å²) in [4.78, 5) is 44.1. The number of carbonyl (C=O) groups is 3. The van der Waals surface area contributed by atoms with Crippen LogP contribution in [0.1, 0.15) is 128 Å². The molecule has 0 unspecified atom stereocenters. The second-order valence-electron chi connectivity index (χ2n) is 21.9. The van der Waals surface area contributed by atoms with Gasteiger partial charge in [0.05, 0.1) is 42.0 Å². The lowest BCUT2D eigenvalue weighted by Gasteiger charge is -2.70. The molecule has 13 atom stereocenters. The standard InChI is InChI=1S/C47H66N2O11/c1-42(2)35-34(52)36(53)46(27-8-4-5-9-27)33(45(35)23-57-41(55)44(40(45)60-42)16-6-7-17-44)14-18-43(3)37(58-39(54)38-47(43,46)59-38)28-15-19-56-32(28)20-29(31(51)22-50)25-10-12-26(13-11-25)30-21-48-24-49-30/h15,19,25-27,29-31,33,35-38,40,48-51,53H,4-14,16-18,20-24H2,1-3H3/t25?,26?,29-,30+,31+,33+,35+,36+,37-,38+,40-,43-,45+,46-,47+/m0/s1. The van der Waals surface area contributed by atoms with E-state index in [9.17, 15) is 24.9 Å². The molecule has 10 aliphatic rings. The topological polar surface area (TPSA) is 189 Å². The fourth-order valence-electron chi connectivity index (χ4n) is 17.1. The Morgan fingerprint density at radius 2 is 1.67 bits per heavy atom. The number of hydrogen-bond donors (Lipinski definition) is 5. The monoisotopic (exact) mass is 834 g/mol. The van der Waals surface area contributed by atoms with Gasteiger partial charge in [-0.2, -0.15) is 0 Å². The average Bonchev–Trinajstić information content (AvgIpc) is 3.94. The van der Waals surface area contributed by atoms with Crippen LogP contribution in [0.15, 0.2) is 16.7 Å². The maximum atomic E-state index is 15.5. The van der Waals surface area contributed by atoms with Crippen LogP contribution in [0, 0.1) is 57.2 Å². The molecule has 5 saturated carbocycles. The van der Waals surface area contributed by atoms with Gasteiger partial charge >= 0.3 is 11.9 Å². The highest BCUT2D eigenvalue weighted by Crippen LogP contribution is 2.83. The van der Waals surface area contributed by atoms with Gasteiger partial charge in [0.1, 0.15) is 30.2 Å². The highest BCUT2D eigenvalue weighted by atomic mass is 16.7. The van der Waals surface area contributed by atoms with Crippen LogP contribution in [0.2, 0.25) is 0 Å². The molecule has 5 aliphatic heterocycles. The number of ketones is 1. The molecular formula is C47H66N2O11. The van der Waals surface area contributed by atoms with Crippen molar-refractivity contribution in [2.75, 3.05) is 26.4 Å². The minimum Gasteiger partial charge on any atom is -0.469 e. The number of Topliss-reactive ketones (excluding diaryl/α,β-unsaturated/α-hetero) is 1. The van der Waals surface area contributed by atoms with Gasteiger partial charge in [-0.25, -0.2) is 4.79 Å². The molecule has 5 N–H and O–H groups in total. The van der Waals surface area contributed by atoms with Crippen molar-refractivity contribution in [2.24, 2.45) is 57.2 Å². The molecule has 1 aromatic heterocycles. The van der Waals surface area contributed by atoms with Crippen LogP contribution in [0.5, 0.6) is 0 Å². The Balaban J connectivity index is 0.996. The second-order valence-corrected chi connectivity index (χ2v) is 21.9. The van der Waals surface area contributed by atoms with Gasteiger partial charge in [0.25, 0.3) is 0 Å². The van der Waals surface area contributed by atoms with E-state index in [0.717, 1.165) is 83.0 Å². The molecule has 1 aromatic rings. The van der Waals surface area contributed by atoms with E-state index in [0.29, 0.717) is 49.8 Å². The Labute approximate surface area is 352 Å². The molecule has 0 bridgehead atoms. The van der Waals surface area contributed by atoms with E-state index in [1.807, 2.05) is 19.9 Å². The number of cyclic esters (lactones) is 2. The van der Waals surface area contributed by atoms with Crippen LogP contribution < -0.4 is 10.6 Å². The second kappa shape index (κ2) is 13.8. The molecule has 60 heavy (non-hydrogen) atoms. The maximum Gasteiger partial charge on any atom is 0.339 e. The lowest BCUT2D eigenvalue weighted by molar-refractivity contribution is -0.282. The van der Waals surface area contributed by atoms with Gasteiger partial charge in [-0.15, -0.1) is 0 Å². The zero-order chi connectivity index (χ0) is 41.6. The van der Waals surface area contributed by atoms with E-state index in [4.69, 9.17) is 23.4 Å². The van der Waals surface area contributed by atoms with Crippen molar-refractivity contribution >= 4 is 17.7 Å². The van der Waals surface area contributed by atoms with E-state index in [1.54, 1.807) is 6.26 Å². The summed E-state index contributed by atoms with van der Waals surface area (Å²) in [5, 5.41) is 41.9. The molecule has 13 heteroatoms. The number of nitrogens with one attached hydrogen (secondary N) is 2. The third kappa shape index (κ3) is 4.97. The van der Waals surface area contributed by atoms with Crippen molar-refractivity contribution in [3.8, 4) is 0 Å². The van der Waals surface area contributed by atoms with Gasteiger partial charge in [-0.1, -0.05) is 32.6 Å². The van der Waals surface area contributed by atoms with Crippen molar-refractivity contribution in [2.45, 2.75) is 165 Å². The van der Waals surface area contributed by atoms with E-state index >= 15 is 4.79 Å². The van der Waals surface area contributed by atoms with Crippen LogP contribution in [0.4, 0.5) is 0 Å². The number of fused-ring (bicyclic) bond motifs is 2. The minimum atomic E-state index is -1.42. The molecule has 11 rings (SSSR count). The zero-order valence-corrected chi connectivity index (χ0v) is 35.6. The number of rotatable bonds is 8. The molecule has 0 aromatic carbocycles. The van der Waals surface area contributed by atoms with Crippen molar-refractivity contribution in [3.63, 3.8) is 0 Å². The van der Waals surface area contributed by atoms with Crippen molar-refractivity contribution in [1.29, 1.82) is 0 Å². The lowest BCUT2D eigenvalue weighted by Crippen LogP contribution is -2.79. The SMILES string of the molecule is CC1(C)O[C@H]2C3(CCCC3)C(=O)OC[C@@]23[C@@H]1C(=O)[C@@H](O)[C@]1(C2CCCC2)[C@@H]3CC[C@@]2(C)[C@H](c3ccoc3C[C@@H](C3CCC([C@H]4CNCN4)CC3)[C@H](O)CO)OC(=O)[C@H]3O[C@@]312. The van der Waals surface area contributed by atoms with E-state index in [1.165, 1.54) is 0 Å². The van der Waals surface area contributed by atoms with Gasteiger partial charge in [-0.3, -0.25) is 9.59 Å². The number of aliphatic hydroxyl groups is 3. The normalized spacial score (nSPS) is 47.4. The van der Waals surface area contributed by atoms with Gasteiger partial charge < -0.3 is 49.3 Å². The molecular weight excluding hydrogens is 769 g/mol. The Hall–Kier alpha value is -2.39. The molecule has 330 valence electrons. The van der Waals surface area contributed by atoms with Crippen LogP contribution in [0.25, 0.3) is 0 Å². The molecule has 0 radical (unpaired) electrons. The number of furan rings is 1. The third-order valence-corrected chi connectivity index (χ3v) is 19.4. The first-order valence-electron chi connectivity index (χ1n) is 23.6. The van der Waals surface area contributed by atoms with Crippen LogP contribution >= 0.6 is 0 Å². The van der Waals surface area contributed by atoms with Crippen molar-refractivity contribution < 1.29 is 53.1 Å². The number of epoxide rings is 1. The van der Waals surface area contributed by atoms with E-state index in [2.05, 4.69) is 17.6 Å². The Kier molecular flexibility index (Phi) is 9.29. The summed E-state index contributed by atoms with van der Waals surface area (Å²) in [7, 11) is 0. The highest BCUT2D eigenvalue weighted by Gasteiger charge is 2.93. The fourth-order valence-corrected chi connectivity index (χ4v) is 17.1. The van der Waals surface area contributed by atoms with Gasteiger partial charge in [-0.05, 0) is 114 Å². The molecule has 6 heterocycles. The zero-order valence-electron chi connectivity index (χ0n) is 35.6. The number of aliphatic hydroxyl groups excluding tert-OH is 3. The Morgan fingerprint density at radius 3 is 2.37 bits per heavy atom. The van der Waals surface area contributed by atoms with Crippen LogP contribution in [-0.4, -0.2) is 101 Å². The molecule has 5 aliphatic carbocycles.